The van der Waals surface area contributed by atoms with Crippen LogP contribution in [0.5, 0.6) is 0 Å². The molecule has 0 unspecified atom stereocenters. The maximum atomic E-state index is 10.3. The third-order valence-corrected chi connectivity index (χ3v) is 2.48. The molecule has 1 aliphatic rings. The summed E-state index contributed by atoms with van der Waals surface area (Å²) in [5.41, 5.74) is 0. The van der Waals surface area contributed by atoms with Crippen LogP contribution in [0.25, 0.3) is 0 Å². The molecule has 15 heavy (non-hydrogen) atoms. The first-order valence-electron chi connectivity index (χ1n) is 4.06. The predicted molar refractivity (Wildman–Crippen MR) is 43.1 cm³/mol. The molecule has 0 aliphatic carbocycles. The highest BCUT2D eigenvalue weighted by atomic mass is 32.3. The topological polar surface area (TPSA) is 136 Å². The molecule has 1 aliphatic heterocycles. The highest BCUT2D eigenvalue weighted by Crippen LogP contribution is 2.22. The van der Waals surface area contributed by atoms with Crippen molar-refractivity contribution in [1.29, 1.82) is 0 Å². The van der Waals surface area contributed by atoms with Crippen molar-refractivity contribution in [2.45, 2.75) is 37.6 Å². The minimum atomic E-state index is -5.01. The first-order chi connectivity index (χ1) is 6.72. The average Bonchev–Trinajstić information content (AvgIpc) is 2.07. The molecule has 0 saturated carbocycles. The van der Waals surface area contributed by atoms with Gasteiger partial charge in [0.05, 0.1) is 6.10 Å². The molecule has 0 amide bonds. The van der Waals surface area contributed by atoms with E-state index in [-0.39, 0.29) is 0 Å². The van der Waals surface area contributed by atoms with Crippen molar-refractivity contribution >= 4 is 10.4 Å². The van der Waals surface area contributed by atoms with Crippen molar-refractivity contribution in [3.05, 3.63) is 0 Å². The van der Waals surface area contributed by atoms with Gasteiger partial charge >= 0.3 is 0 Å². The van der Waals surface area contributed by atoms with E-state index >= 15 is 0 Å². The number of aliphatic hydroxyl groups excluding tert-OH is 3. The Kier molecular flexibility index (Phi) is 3.66. The second-order valence-corrected chi connectivity index (χ2v) is 4.19. The van der Waals surface area contributed by atoms with Crippen LogP contribution in [0.2, 0.25) is 0 Å². The molecule has 0 bridgehead atoms. The summed E-state index contributed by atoms with van der Waals surface area (Å²) in [6.07, 6.45) is -7.67. The van der Waals surface area contributed by atoms with Crippen molar-refractivity contribution in [3.8, 4) is 0 Å². The SMILES string of the molecule is C[C@@H]1O[C@@H](O)[C@@H](O)[C@H](O)[C@@H]1OS(=O)(=O)[O-]. The molecule has 8 nitrogen and oxygen atoms in total. The van der Waals surface area contributed by atoms with Crippen LogP contribution in [0.1, 0.15) is 6.92 Å². The molecule has 90 valence electrons. The first-order valence-corrected chi connectivity index (χ1v) is 5.39. The van der Waals surface area contributed by atoms with E-state index in [1.54, 1.807) is 0 Å². The van der Waals surface area contributed by atoms with E-state index in [1.807, 2.05) is 0 Å². The highest BCUT2D eigenvalue weighted by molar-refractivity contribution is 7.80. The second-order valence-electron chi connectivity index (χ2n) is 3.18. The van der Waals surface area contributed by atoms with Gasteiger partial charge in [0.25, 0.3) is 0 Å². The predicted octanol–water partition coefficient (Wildman–Crippen LogP) is -2.71. The van der Waals surface area contributed by atoms with E-state index in [0.717, 1.165) is 0 Å². The summed E-state index contributed by atoms with van der Waals surface area (Å²) >= 11 is 0. The van der Waals surface area contributed by atoms with Crippen LogP contribution >= 0.6 is 0 Å². The molecule has 0 aromatic carbocycles. The quantitative estimate of drug-likeness (QED) is 0.352. The van der Waals surface area contributed by atoms with Crippen LogP contribution in [0.3, 0.4) is 0 Å². The second kappa shape index (κ2) is 4.29. The molecule has 1 saturated heterocycles. The van der Waals surface area contributed by atoms with Crippen LogP contribution < -0.4 is 0 Å². The summed E-state index contributed by atoms with van der Waals surface area (Å²) < 4.78 is 39.5. The number of ether oxygens (including phenoxy) is 1. The third-order valence-electron chi connectivity index (χ3n) is 2.02. The number of aliphatic hydroxyl groups is 3. The van der Waals surface area contributed by atoms with Gasteiger partial charge in [-0.2, -0.15) is 0 Å². The van der Waals surface area contributed by atoms with Crippen LogP contribution in [0, 0.1) is 0 Å². The Morgan fingerprint density at radius 3 is 2.27 bits per heavy atom. The van der Waals surface area contributed by atoms with Crippen LogP contribution in [0.4, 0.5) is 0 Å². The van der Waals surface area contributed by atoms with Gasteiger partial charge in [-0.3, -0.25) is 4.18 Å². The molecule has 0 aromatic rings. The number of hydrogen-bond donors (Lipinski definition) is 3. The van der Waals surface area contributed by atoms with Gasteiger partial charge in [0.2, 0.25) is 10.4 Å². The van der Waals surface area contributed by atoms with Gasteiger partial charge in [0, 0.05) is 0 Å². The Labute approximate surface area is 86.0 Å². The Morgan fingerprint density at radius 2 is 1.80 bits per heavy atom. The van der Waals surface area contributed by atoms with E-state index in [4.69, 9.17) is 10.2 Å². The zero-order chi connectivity index (χ0) is 11.8. The molecule has 3 N–H and O–H groups in total. The summed E-state index contributed by atoms with van der Waals surface area (Å²) in [5.74, 6) is 0. The van der Waals surface area contributed by atoms with Gasteiger partial charge in [0.1, 0.15) is 18.3 Å². The largest absolute Gasteiger partial charge is 0.726 e. The molecule has 9 heteroatoms. The molecular formula is C6H11O8S-. The molecule has 0 spiro atoms. The Bertz CT molecular complexity index is 313. The van der Waals surface area contributed by atoms with Crippen LogP contribution in [-0.4, -0.2) is 59.0 Å². The monoisotopic (exact) mass is 243 g/mol. The lowest BCUT2D eigenvalue weighted by molar-refractivity contribution is -0.273. The maximum absolute atomic E-state index is 10.3. The maximum Gasteiger partial charge on any atom is 0.218 e. The zero-order valence-electron chi connectivity index (χ0n) is 7.68. The Balaban J connectivity index is 2.79. The van der Waals surface area contributed by atoms with Crippen molar-refractivity contribution in [3.63, 3.8) is 0 Å². The normalized spacial score (nSPS) is 42.9. The standard InChI is InChI=1S/C6H12O8S/c1-2-5(14-15(10,11)12)3(7)4(8)6(9)13-2/h2-9H,1H3,(H,10,11,12)/p-1/t2-,3-,4-,5+,6+/m0/s1. The summed E-state index contributed by atoms with van der Waals surface area (Å²) in [6, 6.07) is 0. The minimum absolute atomic E-state index is 1.04. The summed E-state index contributed by atoms with van der Waals surface area (Å²) in [5, 5.41) is 27.5. The first kappa shape index (κ1) is 12.8. The molecule has 0 radical (unpaired) electrons. The van der Waals surface area contributed by atoms with E-state index in [0.29, 0.717) is 0 Å². The van der Waals surface area contributed by atoms with Crippen molar-refractivity contribution in [2.75, 3.05) is 0 Å². The van der Waals surface area contributed by atoms with Gasteiger partial charge in [0.15, 0.2) is 6.29 Å². The fourth-order valence-corrected chi connectivity index (χ4v) is 1.83. The summed E-state index contributed by atoms with van der Waals surface area (Å²) in [6.45, 7) is 1.29. The highest BCUT2D eigenvalue weighted by Gasteiger charge is 2.43. The lowest BCUT2D eigenvalue weighted by Crippen LogP contribution is -2.57. The third kappa shape index (κ3) is 3.08. The van der Waals surface area contributed by atoms with Gasteiger partial charge in [-0.1, -0.05) is 0 Å². The molecule has 1 heterocycles. The van der Waals surface area contributed by atoms with Crippen molar-refractivity contribution < 1.29 is 37.2 Å². The van der Waals surface area contributed by atoms with E-state index < -0.39 is 41.1 Å². The minimum Gasteiger partial charge on any atom is -0.726 e. The van der Waals surface area contributed by atoms with Crippen molar-refractivity contribution in [1.82, 2.24) is 0 Å². The number of rotatable bonds is 2. The lowest BCUT2D eigenvalue weighted by Gasteiger charge is -2.39. The molecule has 1 fully saturated rings. The summed E-state index contributed by atoms with van der Waals surface area (Å²) in [4.78, 5) is 0. The average molecular weight is 243 g/mol. The summed E-state index contributed by atoms with van der Waals surface area (Å²) in [7, 11) is -5.01. The molecule has 0 aromatic heterocycles. The fraction of sp³-hybridized carbons (Fsp3) is 1.00. The van der Waals surface area contributed by atoms with Gasteiger partial charge < -0.3 is 24.6 Å². The van der Waals surface area contributed by atoms with Gasteiger partial charge in [-0.25, -0.2) is 8.42 Å². The Hall–Kier alpha value is -0.290. The van der Waals surface area contributed by atoms with E-state index in [9.17, 15) is 18.1 Å². The van der Waals surface area contributed by atoms with E-state index in [2.05, 4.69) is 8.92 Å². The van der Waals surface area contributed by atoms with Gasteiger partial charge in [-0.15, -0.1) is 0 Å². The van der Waals surface area contributed by atoms with Crippen LogP contribution in [0.15, 0.2) is 0 Å². The Morgan fingerprint density at radius 1 is 1.27 bits per heavy atom. The van der Waals surface area contributed by atoms with Crippen molar-refractivity contribution in [2.24, 2.45) is 0 Å². The zero-order valence-corrected chi connectivity index (χ0v) is 8.49. The van der Waals surface area contributed by atoms with E-state index in [1.165, 1.54) is 6.92 Å². The molecule has 1 rings (SSSR count). The molecular weight excluding hydrogens is 232 g/mol. The van der Waals surface area contributed by atoms with Gasteiger partial charge in [-0.05, 0) is 6.92 Å². The number of hydrogen-bond acceptors (Lipinski definition) is 8. The molecule has 5 atom stereocenters. The smallest absolute Gasteiger partial charge is 0.218 e. The fourth-order valence-electron chi connectivity index (χ4n) is 1.29. The lowest BCUT2D eigenvalue weighted by atomic mass is 10.0. The van der Waals surface area contributed by atoms with Crippen LogP contribution in [-0.2, 0) is 19.3 Å².